The Morgan fingerprint density at radius 3 is 2.31 bits per heavy atom. The summed E-state index contributed by atoms with van der Waals surface area (Å²) in [7, 11) is 0. The first-order valence-corrected chi connectivity index (χ1v) is 4.43. The standard InChI is InChI=1S/C10H16N2O/c11-7-8-1-3-9(4-2-8)10(12)5-6-13/h1-4,10,13H,5-7,11-12H2. The maximum Gasteiger partial charge on any atom is 0.0449 e. The van der Waals surface area contributed by atoms with Gasteiger partial charge in [0, 0.05) is 19.2 Å². The van der Waals surface area contributed by atoms with Crippen molar-refractivity contribution in [1.82, 2.24) is 0 Å². The topological polar surface area (TPSA) is 72.3 Å². The molecule has 0 bridgehead atoms. The van der Waals surface area contributed by atoms with Crippen molar-refractivity contribution in [2.45, 2.75) is 19.0 Å². The highest BCUT2D eigenvalue weighted by atomic mass is 16.3. The molecule has 3 heteroatoms. The fraction of sp³-hybridized carbons (Fsp3) is 0.400. The van der Waals surface area contributed by atoms with Gasteiger partial charge in [0.05, 0.1) is 0 Å². The summed E-state index contributed by atoms with van der Waals surface area (Å²) in [6, 6.07) is 7.78. The highest BCUT2D eigenvalue weighted by Crippen LogP contribution is 2.13. The maximum atomic E-state index is 8.70. The Morgan fingerprint density at radius 1 is 1.23 bits per heavy atom. The van der Waals surface area contributed by atoms with Gasteiger partial charge in [-0.2, -0.15) is 0 Å². The highest BCUT2D eigenvalue weighted by Gasteiger charge is 2.03. The third kappa shape index (κ3) is 2.81. The van der Waals surface area contributed by atoms with Crippen molar-refractivity contribution in [3.8, 4) is 0 Å². The quantitative estimate of drug-likeness (QED) is 0.632. The molecule has 0 heterocycles. The lowest BCUT2D eigenvalue weighted by molar-refractivity contribution is 0.276. The third-order valence-electron chi connectivity index (χ3n) is 2.08. The van der Waals surface area contributed by atoms with Crippen molar-refractivity contribution < 1.29 is 5.11 Å². The zero-order valence-electron chi connectivity index (χ0n) is 7.61. The molecular weight excluding hydrogens is 164 g/mol. The predicted octanol–water partition coefficient (Wildman–Crippen LogP) is 0.527. The minimum Gasteiger partial charge on any atom is -0.396 e. The molecule has 0 aliphatic rings. The van der Waals surface area contributed by atoms with E-state index in [2.05, 4.69) is 0 Å². The van der Waals surface area contributed by atoms with Gasteiger partial charge in [-0.15, -0.1) is 0 Å². The minimum absolute atomic E-state index is 0.0724. The summed E-state index contributed by atoms with van der Waals surface area (Å²) in [5.41, 5.74) is 13.4. The van der Waals surface area contributed by atoms with Crippen LogP contribution < -0.4 is 11.5 Å². The molecule has 0 aliphatic carbocycles. The first-order valence-electron chi connectivity index (χ1n) is 4.43. The number of aliphatic hydroxyl groups is 1. The molecule has 1 aromatic rings. The second kappa shape index (κ2) is 4.97. The fourth-order valence-electron chi connectivity index (χ4n) is 1.21. The minimum atomic E-state index is -0.0724. The van der Waals surface area contributed by atoms with E-state index in [1.165, 1.54) is 0 Å². The van der Waals surface area contributed by atoms with Gasteiger partial charge in [0.2, 0.25) is 0 Å². The number of nitrogens with two attached hydrogens (primary N) is 2. The molecule has 1 aromatic carbocycles. The molecule has 1 rings (SSSR count). The van der Waals surface area contributed by atoms with Gasteiger partial charge in [-0.25, -0.2) is 0 Å². The average molecular weight is 180 g/mol. The number of benzene rings is 1. The van der Waals surface area contributed by atoms with Gasteiger partial charge < -0.3 is 16.6 Å². The van der Waals surface area contributed by atoms with Crippen LogP contribution in [0.3, 0.4) is 0 Å². The van der Waals surface area contributed by atoms with E-state index in [1.807, 2.05) is 24.3 Å². The summed E-state index contributed by atoms with van der Waals surface area (Å²) in [4.78, 5) is 0. The summed E-state index contributed by atoms with van der Waals surface area (Å²) in [6.07, 6.45) is 0.599. The van der Waals surface area contributed by atoms with Gasteiger partial charge in [0.25, 0.3) is 0 Å². The smallest absolute Gasteiger partial charge is 0.0449 e. The highest BCUT2D eigenvalue weighted by molar-refractivity contribution is 5.24. The van der Waals surface area contributed by atoms with E-state index >= 15 is 0 Å². The number of hydrogen-bond donors (Lipinski definition) is 3. The predicted molar refractivity (Wildman–Crippen MR) is 53.0 cm³/mol. The lowest BCUT2D eigenvalue weighted by atomic mass is 10.0. The van der Waals surface area contributed by atoms with E-state index in [9.17, 15) is 0 Å². The lowest BCUT2D eigenvalue weighted by Gasteiger charge is -2.10. The Labute approximate surface area is 78.4 Å². The monoisotopic (exact) mass is 180 g/mol. The van der Waals surface area contributed by atoms with Gasteiger partial charge in [0.15, 0.2) is 0 Å². The summed E-state index contributed by atoms with van der Waals surface area (Å²) in [5, 5.41) is 8.70. The van der Waals surface area contributed by atoms with Crippen LogP contribution in [0.15, 0.2) is 24.3 Å². The zero-order chi connectivity index (χ0) is 9.68. The number of rotatable bonds is 4. The molecule has 1 unspecified atom stereocenters. The molecule has 0 aliphatic heterocycles. The van der Waals surface area contributed by atoms with E-state index in [0.29, 0.717) is 13.0 Å². The van der Waals surface area contributed by atoms with Crippen LogP contribution in [0.2, 0.25) is 0 Å². The lowest BCUT2D eigenvalue weighted by Crippen LogP contribution is -2.11. The molecule has 72 valence electrons. The van der Waals surface area contributed by atoms with Gasteiger partial charge in [-0.05, 0) is 17.5 Å². The van der Waals surface area contributed by atoms with Crippen molar-refractivity contribution in [3.63, 3.8) is 0 Å². The van der Waals surface area contributed by atoms with E-state index in [0.717, 1.165) is 11.1 Å². The molecule has 0 aromatic heterocycles. The molecule has 0 spiro atoms. The van der Waals surface area contributed by atoms with Crippen LogP contribution in [0, 0.1) is 0 Å². The van der Waals surface area contributed by atoms with Gasteiger partial charge >= 0.3 is 0 Å². The van der Waals surface area contributed by atoms with Crippen LogP contribution >= 0.6 is 0 Å². The normalized spacial score (nSPS) is 12.8. The molecule has 0 saturated heterocycles. The number of hydrogen-bond acceptors (Lipinski definition) is 3. The third-order valence-corrected chi connectivity index (χ3v) is 2.08. The first-order chi connectivity index (χ1) is 6.27. The van der Waals surface area contributed by atoms with Crippen molar-refractivity contribution in [1.29, 1.82) is 0 Å². The van der Waals surface area contributed by atoms with Crippen LogP contribution in [0.1, 0.15) is 23.6 Å². The Kier molecular flexibility index (Phi) is 3.89. The number of aliphatic hydroxyl groups excluding tert-OH is 1. The second-order valence-corrected chi connectivity index (χ2v) is 3.06. The molecule has 0 amide bonds. The van der Waals surface area contributed by atoms with Crippen molar-refractivity contribution >= 4 is 0 Å². The SMILES string of the molecule is NCc1ccc(C(N)CCO)cc1. The van der Waals surface area contributed by atoms with Gasteiger partial charge in [-0.3, -0.25) is 0 Å². The van der Waals surface area contributed by atoms with Crippen LogP contribution in [-0.2, 0) is 6.54 Å². The Bertz CT molecular complexity index is 246. The van der Waals surface area contributed by atoms with Gasteiger partial charge in [-0.1, -0.05) is 24.3 Å². The summed E-state index contributed by atoms with van der Waals surface area (Å²) in [5.74, 6) is 0. The van der Waals surface area contributed by atoms with Gasteiger partial charge in [0.1, 0.15) is 0 Å². The van der Waals surface area contributed by atoms with Crippen LogP contribution in [0.25, 0.3) is 0 Å². The Morgan fingerprint density at radius 2 is 1.85 bits per heavy atom. The van der Waals surface area contributed by atoms with E-state index in [-0.39, 0.29) is 12.6 Å². The summed E-state index contributed by atoms with van der Waals surface area (Å²) >= 11 is 0. The van der Waals surface area contributed by atoms with E-state index in [4.69, 9.17) is 16.6 Å². The fourth-order valence-corrected chi connectivity index (χ4v) is 1.21. The van der Waals surface area contributed by atoms with Crippen molar-refractivity contribution in [2.75, 3.05) is 6.61 Å². The Balaban J connectivity index is 2.67. The molecule has 0 fully saturated rings. The van der Waals surface area contributed by atoms with E-state index in [1.54, 1.807) is 0 Å². The zero-order valence-corrected chi connectivity index (χ0v) is 7.61. The largest absolute Gasteiger partial charge is 0.396 e. The molecule has 1 atom stereocenters. The molecule has 13 heavy (non-hydrogen) atoms. The van der Waals surface area contributed by atoms with Crippen LogP contribution in [0.5, 0.6) is 0 Å². The summed E-state index contributed by atoms with van der Waals surface area (Å²) in [6.45, 7) is 0.676. The maximum absolute atomic E-state index is 8.70. The Hall–Kier alpha value is -0.900. The molecule has 3 nitrogen and oxygen atoms in total. The molecule has 0 saturated carbocycles. The molecule has 5 N–H and O–H groups in total. The van der Waals surface area contributed by atoms with Crippen molar-refractivity contribution in [2.24, 2.45) is 11.5 Å². The summed E-state index contributed by atoms with van der Waals surface area (Å²) < 4.78 is 0. The molecular formula is C10H16N2O. The average Bonchev–Trinajstić information content (AvgIpc) is 2.18. The molecule has 0 radical (unpaired) electrons. The second-order valence-electron chi connectivity index (χ2n) is 3.06. The van der Waals surface area contributed by atoms with E-state index < -0.39 is 0 Å². The van der Waals surface area contributed by atoms with Crippen LogP contribution in [0.4, 0.5) is 0 Å². The van der Waals surface area contributed by atoms with Crippen molar-refractivity contribution in [3.05, 3.63) is 35.4 Å². The van der Waals surface area contributed by atoms with Crippen LogP contribution in [-0.4, -0.2) is 11.7 Å². The first kappa shape index (κ1) is 10.2.